The fraction of sp³-hybridized carbons (Fsp3) is 0.826. The van der Waals surface area contributed by atoms with Gasteiger partial charge in [-0.2, -0.15) is 0 Å². The highest BCUT2D eigenvalue weighted by Crippen LogP contribution is 2.68. The van der Waals surface area contributed by atoms with Crippen LogP contribution in [0.2, 0.25) is 0 Å². The summed E-state index contributed by atoms with van der Waals surface area (Å²) in [7, 11) is 1.83. The lowest BCUT2D eigenvalue weighted by molar-refractivity contribution is -0.135. The van der Waals surface area contributed by atoms with Crippen LogP contribution < -0.4 is 0 Å². The third kappa shape index (κ3) is 2.13. The van der Waals surface area contributed by atoms with Gasteiger partial charge in [0.25, 0.3) is 0 Å². The van der Waals surface area contributed by atoms with Gasteiger partial charge in [-0.3, -0.25) is 0 Å². The molecule has 2 saturated carbocycles. The third-order valence-electron chi connectivity index (χ3n) is 9.06. The molecule has 0 bridgehead atoms. The Labute approximate surface area is 153 Å². The van der Waals surface area contributed by atoms with E-state index in [1.807, 2.05) is 7.11 Å². The molecule has 25 heavy (non-hydrogen) atoms. The number of allylic oxidation sites excluding steroid dienone is 4. The Morgan fingerprint density at radius 1 is 1.16 bits per heavy atom. The second kappa shape index (κ2) is 5.87. The van der Waals surface area contributed by atoms with E-state index in [9.17, 15) is 0 Å². The van der Waals surface area contributed by atoms with Gasteiger partial charge in [0, 0.05) is 18.4 Å². The van der Waals surface area contributed by atoms with Crippen LogP contribution in [0.4, 0.5) is 0 Å². The molecule has 3 fully saturated rings. The maximum absolute atomic E-state index is 6.54. The van der Waals surface area contributed by atoms with Gasteiger partial charge in [0.2, 0.25) is 0 Å². The minimum Gasteiger partial charge on any atom is -0.501 e. The van der Waals surface area contributed by atoms with E-state index in [1.165, 1.54) is 63.5 Å². The van der Waals surface area contributed by atoms with Crippen LogP contribution in [-0.4, -0.2) is 19.3 Å². The molecular weight excluding hydrogens is 308 g/mol. The zero-order valence-corrected chi connectivity index (χ0v) is 16.1. The summed E-state index contributed by atoms with van der Waals surface area (Å²) in [6.07, 6.45) is 18.2. The highest BCUT2D eigenvalue weighted by Gasteiger charge is 2.65. The Morgan fingerprint density at radius 2 is 2.08 bits per heavy atom. The second-order valence-corrected chi connectivity index (χ2v) is 9.37. The number of methoxy groups -OCH3 is 1. The Hall–Kier alpha value is -0.760. The molecule has 5 aliphatic rings. The highest BCUT2D eigenvalue weighted by molar-refractivity contribution is 5.32. The van der Waals surface area contributed by atoms with Gasteiger partial charge >= 0.3 is 0 Å². The predicted octanol–water partition coefficient (Wildman–Crippen LogP) is 5.64. The maximum Gasteiger partial charge on any atom is 0.0958 e. The van der Waals surface area contributed by atoms with Gasteiger partial charge in [-0.05, 0) is 93.1 Å². The quantitative estimate of drug-likeness (QED) is 0.646. The third-order valence-corrected chi connectivity index (χ3v) is 9.06. The summed E-state index contributed by atoms with van der Waals surface area (Å²) in [6.45, 7) is 3.47. The Bertz CT molecular complexity index is 597. The normalized spacial score (nSPS) is 48.4. The molecule has 2 heteroatoms. The van der Waals surface area contributed by atoms with E-state index in [2.05, 4.69) is 19.1 Å². The van der Waals surface area contributed by atoms with Gasteiger partial charge < -0.3 is 9.47 Å². The van der Waals surface area contributed by atoms with Crippen LogP contribution >= 0.6 is 0 Å². The van der Waals surface area contributed by atoms with Gasteiger partial charge in [0.15, 0.2) is 0 Å². The van der Waals surface area contributed by atoms with Crippen LogP contribution in [0.1, 0.15) is 71.1 Å². The van der Waals surface area contributed by atoms with Crippen molar-refractivity contribution < 1.29 is 9.47 Å². The first-order valence-corrected chi connectivity index (χ1v) is 10.8. The smallest absolute Gasteiger partial charge is 0.0958 e. The standard InChI is InChI=1S/C23H34O2/c1-3-22-12-9-19-18-8-6-17(24-2)15-16(18)5-7-20(19)21(22)10-13-23(22)11-4-14-25-23/h5,15,18-21H,3-4,6-14H2,1-2H3/t18-,19?,20?,21?,22-,23-/m0/s1. The molecule has 0 amide bonds. The van der Waals surface area contributed by atoms with Crippen LogP contribution in [0.25, 0.3) is 0 Å². The molecule has 5 rings (SSSR count). The number of fused-ring (bicyclic) bond motifs is 6. The fourth-order valence-electron chi connectivity index (χ4n) is 8.05. The van der Waals surface area contributed by atoms with Gasteiger partial charge in [-0.1, -0.05) is 13.0 Å². The van der Waals surface area contributed by atoms with Crippen molar-refractivity contribution in [3.05, 3.63) is 23.5 Å². The summed E-state index contributed by atoms with van der Waals surface area (Å²) in [5, 5.41) is 0. The average Bonchev–Trinajstić information content (AvgIpc) is 3.27. The molecular formula is C23H34O2. The van der Waals surface area contributed by atoms with E-state index in [0.29, 0.717) is 5.41 Å². The van der Waals surface area contributed by atoms with E-state index in [-0.39, 0.29) is 5.60 Å². The van der Waals surface area contributed by atoms with Crippen molar-refractivity contribution in [2.75, 3.05) is 13.7 Å². The number of rotatable bonds is 2. The average molecular weight is 343 g/mol. The number of hydrogen-bond donors (Lipinski definition) is 0. The zero-order valence-electron chi connectivity index (χ0n) is 16.1. The summed E-state index contributed by atoms with van der Waals surface area (Å²) in [6, 6.07) is 0. The molecule has 0 radical (unpaired) electrons. The lowest BCUT2D eigenvalue weighted by Gasteiger charge is -2.56. The Kier molecular flexibility index (Phi) is 3.86. The van der Waals surface area contributed by atoms with Crippen molar-refractivity contribution in [3.63, 3.8) is 0 Å². The maximum atomic E-state index is 6.54. The molecule has 1 saturated heterocycles. The summed E-state index contributed by atoms with van der Waals surface area (Å²) < 4.78 is 12.1. The van der Waals surface area contributed by atoms with Crippen molar-refractivity contribution in [2.45, 2.75) is 76.7 Å². The van der Waals surface area contributed by atoms with Crippen LogP contribution in [0.15, 0.2) is 23.5 Å². The van der Waals surface area contributed by atoms with E-state index in [1.54, 1.807) is 5.57 Å². The van der Waals surface area contributed by atoms with Crippen molar-refractivity contribution in [2.24, 2.45) is 29.1 Å². The topological polar surface area (TPSA) is 18.5 Å². The minimum absolute atomic E-state index is 0.247. The molecule has 138 valence electrons. The van der Waals surface area contributed by atoms with Crippen molar-refractivity contribution in [3.8, 4) is 0 Å². The van der Waals surface area contributed by atoms with E-state index in [0.717, 1.165) is 36.7 Å². The van der Waals surface area contributed by atoms with Crippen molar-refractivity contribution in [1.29, 1.82) is 0 Å². The van der Waals surface area contributed by atoms with Gasteiger partial charge in [-0.25, -0.2) is 0 Å². The van der Waals surface area contributed by atoms with Gasteiger partial charge in [0.1, 0.15) is 0 Å². The molecule has 6 atom stereocenters. The highest BCUT2D eigenvalue weighted by atomic mass is 16.5. The first kappa shape index (κ1) is 16.4. The first-order valence-electron chi connectivity index (χ1n) is 10.8. The molecule has 0 aromatic heterocycles. The number of hydrogen-bond acceptors (Lipinski definition) is 2. The molecule has 3 unspecified atom stereocenters. The summed E-state index contributed by atoms with van der Waals surface area (Å²) in [5.41, 5.74) is 2.33. The SMILES string of the molecule is CC[C@]12CCC3C(CC=C4C=C(OC)CC[C@@H]43)C1CC[C@@]21CCCO1. The van der Waals surface area contributed by atoms with Crippen LogP contribution in [0, 0.1) is 29.1 Å². The van der Waals surface area contributed by atoms with Crippen molar-refractivity contribution in [1.82, 2.24) is 0 Å². The second-order valence-electron chi connectivity index (χ2n) is 9.37. The lowest BCUT2D eigenvalue weighted by Crippen LogP contribution is -2.53. The summed E-state index contributed by atoms with van der Waals surface area (Å²) in [4.78, 5) is 0. The Balaban J connectivity index is 1.47. The molecule has 1 spiro atoms. The molecule has 0 N–H and O–H groups in total. The largest absolute Gasteiger partial charge is 0.501 e. The number of ether oxygens (including phenoxy) is 2. The predicted molar refractivity (Wildman–Crippen MR) is 100 cm³/mol. The van der Waals surface area contributed by atoms with E-state index < -0.39 is 0 Å². The van der Waals surface area contributed by atoms with E-state index >= 15 is 0 Å². The summed E-state index contributed by atoms with van der Waals surface area (Å²) in [5.74, 6) is 4.71. The first-order chi connectivity index (χ1) is 12.2. The molecule has 1 aliphatic heterocycles. The molecule has 4 aliphatic carbocycles. The monoisotopic (exact) mass is 342 g/mol. The molecule has 0 aromatic carbocycles. The van der Waals surface area contributed by atoms with E-state index in [4.69, 9.17) is 9.47 Å². The van der Waals surface area contributed by atoms with Crippen LogP contribution in [0.5, 0.6) is 0 Å². The van der Waals surface area contributed by atoms with Crippen LogP contribution in [0.3, 0.4) is 0 Å². The molecule has 2 nitrogen and oxygen atoms in total. The van der Waals surface area contributed by atoms with Gasteiger partial charge in [0.05, 0.1) is 18.5 Å². The Morgan fingerprint density at radius 3 is 2.84 bits per heavy atom. The minimum atomic E-state index is 0.247. The van der Waals surface area contributed by atoms with Crippen LogP contribution in [-0.2, 0) is 9.47 Å². The summed E-state index contributed by atoms with van der Waals surface area (Å²) >= 11 is 0. The van der Waals surface area contributed by atoms with Crippen molar-refractivity contribution >= 4 is 0 Å². The molecule has 0 aromatic rings. The molecule has 1 heterocycles. The zero-order chi connectivity index (χ0) is 17.1. The fourth-order valence-corrected chi connectivity index (χ4v) is 8.05. The lowest BCUT2D eigenvalue weighted by atomic mass is 9.50. The van der Waals surface area contributed by atoms with Gasteiger partial charge in [-0.15, -0.1) is 0 Å².